The van der Waals surface area contributed by atoms with Crippen LogP contribution in [0.15, 0.2) is 12.2 Å². The van der Waals surface area contributed by atoms with E-state index in [1.54, 1.807) is 6.92 Å². The normalized spacial score (nSPS) is 45.4. The lowest BCUT2D eigenvalue weighted by Crippen LogP contribution is -2.67. The molecule has 236 valence electrons. The van der Waals surface area contributed by atoms with Gasteiger partial charge in [0.1, 0.15) is 6.10 Å². The van der Waals surface area contributed by atoms with Gasteiger partial charge in [-0.3, -0.25) is 14.4 Å². The van der Waals surface area contributed by atoms with Gasteiger partial charge in [0.2, 0.25) is 0 Å². The molecule has 5 saturated carbocycles. The molecule has 1 N–H and O–H groups in total. The van der Waals surface area contributed by atoms with Crippen LogP contribution in [-0.4, -0.2) is 35.7 Å². The van der Waals surface area contributed by atoms with E-state index in [1.807, 2.05) is 0 Å². The first-order valence-electron chi connectivity index (χ1n) is 16.7. The lowest BCUT2D eigenvalue weighted by molar-refractivity contribution is -0.252. The summed E-state index contributed by atoms with van der Waals surface area (Å²) in [6, 6.07) is 0. The van der Waals surface area contributed by atoms with E-state index >= 15 is 0 Å². The third kappa shape index (κ3) is 4.67. The van der Waals surface area contributed by atoms with Crippen LogP contribution in [0.1, 0.15) is 126 Å². The van der Waals surface area contributed by atoms with Gasteiger partial charge in [-0.05, 0) is 117 Å². The highest BCUT2D eigenvalue weighted by atomic mass is 16.5. The fourth-order valence-electron chi connectivity index (χ4n) is 12.4. The lowest BCUT2D eigenvalue weighted by atomic mass is 9.32. The Morgan fingerprint density at radius 2 is 1.52 bits per heavy atom. The predicted octanol–water partition coefficient (Wildman–Crippen LogP) is 7.98. The number of hydrogen-bond donors (Lipinski definition) is 1. The SMILES string of the molecule is C=C(C)[C@@H]1CCC2(COC(=O)CCC(=O)O)CC[C@]3(C)C(CCC4[C@@]5(C)CCC(OC(C)=O)C(C)(C)C5CC[C@]43C)C12. The Kier molecular flexibility index (Phi) is 8.00. The van der Waals surface area contributed by atoms with Crippen LogP contribution in [0, 0.1) is 56.7 Å². The molecule has 0 aromatic rings. The number of rotatable bonds is 7. The van der Waals surface area contributed by atoms with Gasteiger partial charge in [-0.2, -0.15) is 0 Å². The second-order valence-electron chi connectivity index (χ2n) is 16.6. The number of hydrogen-bond acceptors (Lipinski definition) is 5. The molecule has 0 aromatic heterocycles. The molecule has 0 radical (unpaired) electrons. The van der Waals surface area contributed by atoms with E-state index in [2.05, 4.69) is 48.1 Å². The number of esters is 2. The largest absolute Gasteiger partial charge is 0.481 e. The van der Waals surface area contributed by atoms with Crippen LogP contribution in [0.2, 0.25) is 0 Å². The molecule has 0 amide bonds. The summed E-state index contributed by atoms with van der Waals surface area (Å²) < 4.78 is 11.8. The Labute approximate surface area is 253 Å². The van der Waals surface area contributed by atoms with Crippen LogP contribution < -0.4 is 0 Å². The van der Waals surface area contributed by atoms with E-state index in [-0.39, 0.29) is 58.0 Å². The molecule has 6 nitrogen and oxygen atoms in total. The molecule has 5 rings (SSSR count). The molecule has 0 spiro atoms. The number of carboxylic acids is 1. The Hall–Kier alpha value is -1.85. The van der Waals surface area contributed by atoms with Crippen LogP contribution in [-0.2, 0) is 23.9 Å². The molecule has 0 bridgehead atoms. The Morgan fingerprint density at radius 3 is 2.17 bits per heavy atom. The van der Waals surface area contributed by atoms with Gasteiger partial charge in [0, 0.05) is 17.8 Å². The number of ether oxygens (including phenoxy) is 2. The number of allylic oxidation sites excluding steroid dienone is 1. The maximum Gasteiger partial charge on any atom is 0.306 e. The van der Waals surface area contributed by atoms with Crippen LogP contribution >= 0.6 is 0 Å². The summed E-state index contributed by atoms with van der Waals surface area (Å²) in [5.74, 6) is 1.10. The van der Waals surface area contributed by atoms with Gasteiger partial charge < -0.3 is 14.6 Å². The zero-order valence-electron chi connectivity index (χ0n) is 27.4. The summed E-state index contributed by atoms with van der Waals surface area (Å²) in [6.45, 7) is 21.1. The van der Waals surface area contributed by atoms with Crippen molar-refractivity contribution in [3.05, 3.63) is 12.2 Å². The van der Waals surface area contributed by atoms with Crippen molar-refractivity contribution in [3.63, 3.8) is 0 Å². The van der Waals surface area contributed by atoms with Gasteiger partial charge in [0.05, 0.1) is 19.4 Å². The Balaban J connectivity index is 1.43. The molecule has 5 fully saturated rings. The molecular weight excluding hydrogens is 528 g/mol. The Bertz CT molecular complexity index is 1130. The van der Waals surface area contributed by atoms with E-state index < -0.39 is 5.97 Å². The van der Waals surface area contributed by atoms with Gasteiger partial charge in [-0.25, -0.2) is 0 Å². The molecule has 10 atom stereocenters. The molecule has 42 heavy (non-hydrogen) atoms. The molecule has 0 saturated heterocycles. The summed E-state index contributed by atoms with van der Waals surface area (Å²) in [6.07, 6.45) is 11.0. The molecule has 6 heteroatoms. The van der Waals surface area contributed by atoms with Crippen molar-refractivity contribution in [2.75, 3.05) is 6.61 Å². The summed E-state index contributed by atoms with van der Waals surface area (Å²) in [4.78, 5) is 35.5. The fourth-order valence-corrected chi connectivity index (χ4v) is 12.4. The highest BCUT2D eigenvalue weighted by Crippen LogP contribution is 2.77. The van der Waals surface area contributed by atoms with Crippen molar-refractivity contribution in [1.29, 1.82) is 0 Å². The van der Waals surface area contributed by atoms with E-state index in [9.17, 15) is 14.4 Å². The van der Waals surface area contributed by atoms with Crippen molar-refractivity contribution in [2.24, 2.45) is 56.7 Å². The second-order valence-corrected chi connectivity index (χ2v) is 16.6. The average Bonchev–Trinajstić information content (AvgIpc) is 3.28. The van der Waals surface area contributed by atoms with E-state index in [1.165, 1.54) is 31.3 Å². The maximum absolute atomic E-state index is 12.5. The molecule has 0 aliphatic heterocycles. The number of aliphatic carboxylic acids is 1. The average molecular weight is 585 g/mol. The van der Waals surface area contributed by atoms with Crippen molar-refractivity contribution < 1.29 is 29.0 Å². The van der Waals surface area contributed by atoms with E-state index in [0.717, 1.165) is 38.5 Å². The summed E-state index contributed by atoms with van der Waals surface area (Å²) in [5.41, 5.74) is 1.82. The van der Waals surface area contributed by atoms with Crippen LogP contribution in [0.4, 0.5) is 0 Å². The van der Waals surface area contributed by atoms with Gasteiger partial charge in [-0.15, -0.1) is 0 Å². The van der Waals surface area contributed by atoms with Gasteiger partial charge in [-0.1, -0.05) is 46.8 Å². The number of carbonyl (C=O) groups is 3. The minimum absolute atomic E-state index is 0.00678. The number of carbonyl (C=O) groups excluding carboxylic acids is 2. The van der Waals surface area contributed by atoms with Crippen molar-refractivity contribution in [1.82, 2.24) is 0 Å². The maximum atomic E-state index is 12.5. The number of fused-ring (bicyclic) bond motifs is 7. The molecule has 5 aliphatic carbocycles. The third-order valence-electron chi connectivity index (χ3n) is 14.6. The lowest BCUT2D eigenvalue weighted by Gasteiger charge is -2.73. The first-order valence-corrected chi connectivity index (χ1v) is 16.7. The summed E-state index contributed by atoms with van der Waals surface area (Å²) >= 11 is 0. The molecule has 0 aromatic carbocycles. The van der Waals surface area contributed by atoms with Gasteiger partial charge in [0.15, 0.2) is 0 Å². The fraction of sp³-hybridized carbons (Fsp3) is 0.861. The first kappa shape index (κ1) is 31.6. The second kappa shape index (κ2) is 10.6. The van der Waals surface area contributed by atoms with Gasteiger partial charge >= 0.3 is 17.9 Å². The highest BCUT2D eigenvalue weighted by Gasteiger charge is 2.71. The number of carboxylic acid groups (broad SMARTS) is 1. The Morgan fingerprint density at radius 1 is 0.810 bits per heavy atom. The first-order chi connectivity index (χ1) is 19.5. The van der Waals surface area contributed by atoms with Crippen LogP contribution in [0.5, 0.6) is 0 Å². The van der Waals surface area contributed by atoms with E-state index in [0.29, 0.717) is 36.2 Å². The standard InChI is InChI=1S/C36H56O6/c1-22(2)24-13-18-36(21-41-30(40)12-11-29(38)39)20-19-34(7)25(31(24)36)9-10-27-33(6)16-15-28(42-23(3)37)32(4,5)26(33)14-17-35(27,34)8/h24-28,31H,1,9-21H2,2-8H3,(H,38,39)/t24-,25?,26?,27?,28?,31?,33-,34+,35+,36?/m0/s1. The summed E-state index contributed by atoms with van der Waals surface area (Å²) in [5, 5.41) is 9.03. The molecule has 6 unspecified atom stereocenters. The summed E-state index contributed by atoms with van der Waals surface area (Å²) in [7, 11) is 0. The highest BCUT2D eigenvalue weighted by molar-refractivity contribution is 5.76. The quantitative estimate of drug-likeness (QED) is 0.241. The van der Waals surface area contributed by atoms with Gasteiger partial charge in [0.25, 0.3) is 0 Å². The van der Waals surface area contributed by atoms with Crippen molar-refractivity contribution >= 4 is 17.9 Å². The molecular formula is C36H56O6. The monoisotopic (exact) mass is 584 g/mol. The van der Waals surface area contributed by atoms with Crippen molar-refractivity contribution in [3.8, 4) is 0 Å². The predicted molar refractivity (Wildman–Crippen MR) is 162 cm³/mol. The minimum Gasteiger partial charge on any atom is -0.481 e. The zero-order chi connectivity index (χ0) is 30.9. The topological polar surface area (TPSA) is 89.9 Å². The van der Waals surface area contributed by atoms with Crippen LogP contribution in [0.25, 0.3) is 0 Å². The minimum atomic E-state index is -0.962. The third-order valence-corrected chi connectivity index (χ3v) is 14.6. The van der Waals surface area contributed by atoms with E-state index in [4.69, 9.17) is 14.6 Å². The molecule has 5 aliphatic rings. The zero-order valence-corrected chi connectivity index (χ0v) is 27.4. The smallest absolute Gasteiger partial charge is 0.306 e. The van der Waals surface area contributed by atoms with Crippen molar-refractivity contribution in [2.45, 2.75) is 132 Å². The molecule has 0 heterocycles. The van der Waals surface area contributed by atoms with Crippen LogP contribution in [0.3, 0.4) is 0 Å².